The summed E-state index contributed by atoms with van der Waals surface area (Å²) in [4.78, 5) is 28.6. The summed E-state index contributed by atoms with van der Waals surface area (Å²) in [5.41, 5.74) is 1.51. The number of nitrogens with zero attached hydrogens (tertiary/aromatic N) is 2. The van der Waals surface area contributed by atoms with Crippen LogP contribution in [0.25, 0.3) is 0 Å². The van der Waals surface area contributed by atoms with Gasteiger partial charge in [0.25, 0.3) is 0 Å². The van der Waals surface area contributed by atoms with Gasteiger partial charge in [0.05, 0.1) is 12.2 Å². The normalized spacial score (nSPS) is 12.6. The number of fused-ring (bicyclic) bond motifs is 2. The number of ether oxygens (including phenoxy) is 1. The molecular weight excluding hydrogens is 378 g/mol. The van der Waals surface area contributed by atoms with Gasteiger partial charge in [-0.3, -0.25) is 9.59 Å². The standard InChI is InChI=1S/C21H24ClN3O3/c1-24(2)12-11-23-20(26)9-10-21(27)25-14-15-5-3-4-6-18(15)28-19-8-7-16(22)13-17(19)25/h3-8,13H,9-12,14H2,1-2H3,(H,23,26). The highest BCUT2D eigenvalue weighted by Crippen LogP contribution is 2.40. The van der Waals surface area contributed by atoms with Gasteiger partial charge in [-0.05, 0) is 38.4 Å². The van der Waals surface area contributed by atoms with Crippen LogP contribution in [-0.4, -0.2) is 43.9 Å². The van der Waals surface area contributed by atoms with Crippen LogP contribution in [0.2, 0.25) is 5.02 Å². The molecule has 2 aromatic rings. The lowest BCUT2D eigenvalue weighted by molar-refractivity contribution is -0.125. The van der Waals surface area contributed by atoms with Gasteiger partial charge in [-0.15, -0.1) is 0 Å². The predicted octanol–water partition coefficient (Wildman–Crippen LogP) is 3.44. The SMILES string of the molecule is CN(C)CCNC(=O)CCC(=O)N1Cc2ccccc2Oc2ccc(Cl)cc21. The number of rotatable bonds is 6. The number of benzene rings is 2. The average molecular weight is 402 g/mol. The summed E-state index contributed by atoms with van der Waals surface area (Å²) in [6.07, 6.45) is 0.253. The van der Waals surface area contributed by atoms with Crippen molar-refractivity contribution in [1.29, 1.82) is 0 Å². The Labute approximate surface area is 170 Å². The number of para-hydroxylation sites is 1. The quantitative estimate of drug-likeness (QED) is 0.805. The maximum atomic E-state index is 13.0. The van der Waals surface area contributed by atoms with Gasteiger partial charge in [0, 0.05) is 36.5 Å². The summed E-state index contributed by atoms with van der Waals surface area (Å²) in [5, 5.41) is 3.35. The van der Waals surface area contributed by atoms with E-state index in [4.69, 9.17) is 16.3 Å². The summed E-state index contributed by atoms with van der Waals surface area (Å²) < 4.78 is 6.00. The van der Waals surface area contributed by atoms with Crippen molar-refractivity contribution in [3.05, 3.63) is 53.1 Å². The molecule has 7 heteroatoms. The number of likely N-dealkylation sites (N-methyl/N-ethyl adjacent to an activating group) is 1. The second kappa shape index (κ2) is 9.08. The Hall–Kier alpha value is -2.57. The summed E-state index contributed by atoms with van der Waals surface area (Å²) in [5.74, 6) is 1.00. The topological polar surface area (TPSA) is 61.9 Å². The molecule has 0 spiro atoms. The van der Waals surface area contributed by atoms with E-state index in [1.54, 1.807) is 23.1 Å². The highest BCUT2D eigenvalue weighted by Gasteiger charge is 2.25. The van der Waals surface area contributed by atoms with Crippen LogP contribution in [0.15, 0.2) is 42.5 Å². The van der Waals surface area contributed by atoms with Gasteiger partial charge in [-0.25, -0.2) is 0 Å². The lowest BCUT2D eigenvalue weighted by Gasteiger charge is -2.22. The van der Waals surface area contributed by atoms with E-state index < -0.39 is 0 Å². The van der Waals surface area contributed by atoms with Crippen LogP contribution in [0.4, 0.5) is 5.69 Å². The molecule has 2 aromatic carbocycles. The van der Waals surface area contributed by atoms with Gasteiger partial charge in [0.15, 0.2) is 5.75 Å². The minimum atomic E-state index is -0.147. The summed E-state index contributed by atoms with van der Waals surface area (Å²) >= 11 is 6.16. The van der Waals surface area contributed by atoms with Crippen molar-refractivity contribution in [2.75, 3.05) is 32.1 Å². The Kier molecular flexibility index (Phi) is 6.54. The van der Waals surface area contributed by atoms with Crippen LogP contribution in [0.1, 0.15) is 18.4 Å². The fourth-order valence-electron chi connectivity index (χ4n) is 2.98. The van der Waals surface area contributed by atoms with E-state index in [2.05, 4.69) is 5.32 Å². The van der Waals surface area contributed by atoms with Crippen molar-refractivity contribution in [3.63, 3.8) is 0 Å². The molecule has 1 aliphatic rings. The Morgan fingerprint density at radius 2 is 1.93 bits per heavy atom. The zero-order valence-electron chi connectivity index (χ0n) is 16.1. The zero-order valence-corrected chi connectivity index (χ0v) is 16.8. The van der Waals surface area contributed by atoms with Crippen LogP contribution in [0.5, 0.6) is 11.5 Å². The summed E-state index contributed by atoms with van der Waals surface area (Å²) in [7, 11) is 3.88. The number of carbonyl (C=O) groups excluding carboxylic acids is 2. The molecule has 0 aliphatic carbocycles. The van der Waals surface area contributed by atoms with Crippen molar-refractivity contribution in [1.82, 2.24) is 10.2 Å². The lowest BCUT2D eigenvalue weighted by atomic mass is 10.1. The molecule has 0 atom stereocenters. The largest absolute Gasteiger partial charge is 0.455 e. The maximum absolute atomic E-state index is 13.0. The van der Waals surface area contributed by atoms with Gasteiger partial charge >= 0.3 is 0 Å². The molecule has 28 heavy (non-hydrogen) atoms. The second-order valence-corrected chi connectivity index (χ2v) is 7.39. The second-order valence-electron chi connectivity index (χ2n) is 6.95. The molecule has 1 N–H and O–H groups in total. The number of nitrogens with one attached hydrogen (secondary N) is 1. The minimum Gasteiger partial charge on any atom is -0.455 e. The van der Waals surface area contributed by atoms with Gasteiger partial charge in [-0.1, -0.05) is 29.8 Å². The number of halogens is 1. The monoisotopic (exact) mass is 401 g/mol. The molecule has 3 rings (SSSR count). The molecule has 0 fully saturated rings. The molecule has 0 saturated heterocycles. The first kappa shape index (κ1) is 20.2. The molecule has 1 aliphatic heterocycles. The van der Waals surface area contributed by atoms with Crippen molar-refractivity contribution in [2.24, 2.45) is 0 Å². The van der Waals surface area contributed by atoms with Crippen LogP contribution in [0.3, 0.4) is 0 Å². The van der Waals surface area contributed by atoms with Crippen molar-refractivity contribution >= 4 is 29.1 Å². The van der Waals surface area contributed by atoms with E-state index in [1.807, 2.05) is 43.3 Å². The molecule has 0 saturated carbocycles. The number of hydrogen-bond donors (Lipinski definition) is 1. The third-order valence-corrected chi connectivity index (χ3v) is 4.72. The van der Waals surface area contributed by atoms with Crippen LogP contribution in [0, 0.1) is 0 Å². The van der Waals surface area contributed by atoms with E-state index in [0.717, 1.165) is 12.1 Å². The molecule has 2 amide bonds. The predicted molar refractivity (Wildman–Crippen MR) is 110 cm³/mol. The van der Waals surface area contributed by atoms with Crippen molar-refractivity contribution in [3.8, 4) is 11.5 Å². The van der Waals surface area contributed by atoms with Gasteiger partial charge in [0.1, 0.15) is 5.75 Å². The number of anilines is 1. The van der Waals surface area contributed by atoms with Crippen LogP contribution >= 0.6 is 11.6 Å². The fourth-order valence-corrected chi connectivity index (χ4v) is 3.15. The highest BCUT2D eigenvalue weighted by molar-refractivity contribution is 6.31. The third-order valence-electron chi connectivity index (χ3n) is 4.48. The summed E-state index contributed by atoms with van der Waals surface area (Å²) in [6.45, 7) is 1.68. The van der Waals surface area contributed by atoms with E-state index in [1.165, 1.54) is 0 Å². The lowest BCUT2D eigenvalue weighted by Crippen LogP contribution is -2.34. The molecule has 0 bridgehead atoms. The number of hydrogen-bond acceptors (Lipinski definition) is 4. The van der Waals surface area contributed by atoms with E-state index >= 15 is 0 Å². The molecular formula is C21H24ClN3O3. The van der Waals surface area contributed by atoms with Gasteiger partial charge < -0.3 is 19.9 Å². The van der Waals surface area contributed by atoms with E-state index in [0.29, 0.717) is 35.3 Å². The fraction of sp³-hybridized carbons (Fsp3) is 0.333. The molecule has 1 heterocycles. The molecule has 6 nitrogen and oxygen atoms in total. The average Bonchev–Trinajstić information content (AvgIpc) is 2.82. The molecule has 0 radical (unpaired) electrons. The number of amides is 2. The van der Waals surface area contributed by atoms with Crippen molar-refractivity contribution < 1.29 is 14.3 Å². The molecule has 148 valence electrons. The molecule has 0 aromatic heterocycles. The smallest absolute Gasteiger partial charge is 0.227 e. The molecule has 0 unspecified atom stereocenters. The Morgan fingerprint density at radius 3 is 2.71 bits per heavy atom. The van der Waals surface area contributed by atoms with Gasteiger partial charge in [-0.2, -0.15) is 0 Å². The Morgan fingerprint density at radius 1 is 1.14 bits per heavy atom. The minimum absolute atomic E-state index is 0.113. The Balaban J connectivity index is 1.73. The zero-order chi connectivity index (χ0) is 20.1. The third kappa shape index (κ3) is 5.03. The maximum Gasteiger partial charge on any atom is 0.227 e. The van der Waals surface area contributed by atoms with Crippen molar-refractivity contribution in [2.45, 2.75) is 19.4 Å². The summed E-state index contributed by atoms with van der Waals surface area (Å²) in [6, 6.07) is 12.8. The first-order valence-electron chi connectivity index (χ1n) is 9.21. The van der Waals surface area contributed by atoms with E-state index in [9.17, 15) is 9.59 Å². The number of carbonyl (C=O) groups is 2. The first-order valence-corrected chi connectivity index (χ1v) is 9.59. The Bertz CT molecular complexity index is 870. The van der Waals surface area contributed by atoms with Crippen LogP contribution in [-0.2, 0) is 16.1 Å². The van der Waals surface area contributed by atoms with Gasteiger partial charge in [0.2, 0.25) is 11.8 Å². The van der Waals surface area contributed by atoms with Crippen LogP contribution < -0.4 is 15.0 Å². The van der Waals surface area contributed by atoms with E-state index in [-0.39, 0.29) is 24.7 Å². The first-order chi connectivity index (χ1) is 13.4. The highest BCUT2D eigenvalue weighted by atomic mass is 35.5.